The Labute approximate surface area is 176 Å². The van der Waals surface area contributed by atoms with Crippen LogP contribution in [0.2, 0.25) is 0 Å². The molecule has 0 spiro atoms. The van der Waals surface area contributed by atoms with Gasteiger partial charge >= 0.3 is 0 Å². The summed E-state index contributed by atoms with van der Waals surface area (Å²) in [5, 5.41) is 1.86. The maximum Gasteiger partial charge on any atom is 0.131 e. The van der Waals surface area contributed by atoms with Crippen molar-refractivity contribution in [3.8, 4) is 0 Å². The number of halogens is 1. The number of aryl methyl sites for hydroxylation is 1. The van der Waals surface area contributed by atoms with Gasteiger partial charge in [-0.25, -0.2) is 4.39 Å². The topological polar surface area (TPSA) is 0 Å². The zero-order chi connectivity index (χ0) is 20.2. The van der Waals surface area contributed by atoms with Crippen molar-refractivity contribution in [3.05, 3.63) is 59.4 Å². The van der Waals surface area contributed by atoms with Crippen LogP contribution in [-0.4, -0.2) is 0 Å². The molecule has 2 saturated carbocycles. The first-order valence-electron chi connectivity index (χ1n) is 12.0. The van der Waals surface area contributed by atoms with E-state index in [9.17, 15) is 4.39 Å². The standard InChI is InChI=1S/C28H37F/c1-3-5-6-8-21-16-26-14-13-25(19-27(26)28(29)17-21)24-12-11-22-15-20(7-4-2)9-10-23(22)18-24/h3,5,13-14,16-17,19-20,22-24H,4,6-12,15,18H2,1-2H3. The van der Waals surface area contributed by atoms with E-state index >= 15 is 0 Å². The lowest BCUT2D eigenvalue weighted by atomic mass is 9.63. The second kappa shape index (κ2) is 9.45. The van der Waals surface area contributed by atoms with E-state index in [0.29, 0.717) is 5.92 Å². The van der Waals surface area contributed by atoms with Crippen LogP contribution < -0.4 is 0 Å². The molecule has 156 valence electrons. The molecule has 0 aliphatic heterocycles. The summed E-state index contributed by atoms with van der Waals surface area (Å²) in [5.41, 5.74) is 2.47. The summed E-state index contributed by atoms with van der Waals surface area (Å²) in [6.45, 7) is 4.36. The molecule has 4 unspecified atom stereocenters. The third-order valence-corrected chi connectivity index (χ3v) is 7.71. The van der Waals surface area contributed by atoms with Gasteiger partial charge in [-0.15, -0.1) is 0 Å². The second-order valence-corrected chi connectivity index (χ2v) is 9.66. The normalized spacial score (nSPS) is 27.4. The SMILES string of the molecule is CC=CCCc1cc(F)c2cc(C3CCC4CC(CCC)CCC4C3)ccc2c1. The van der Waals surface area contributed by atoms with Gasteiger partial charge in [-0.3, -0.25) is 0 Å². The molecule has 4 rings (SSSR count). The minimum absolute atomic E-state index is 0.0476. The van der Waals surface area contributed by atoms with Crippen LogP contribution in [0.5, 0.6) is 0 Å². The van der Waals surface area contributed by atoms with Crippen LogP contribution in [-0.2, 0) is 6.42 Å². The molecule has 1 heteroatoms. The Morgan fingerprint density at radius 3 is 2.66 bits per heavy atom. The van der Waals surface area contributed by atoms with Crippen molar-refractivity contribution in [1.29, 1.82) is 0 Å². The fourth-order valence-corrected chi connectivity index (χ4v) is 6.16. The molecule has 0 bridgehead atoms. The summed E-state index contributed by atoms with van der Waals surface area (Å²) < 4.78 is 14.9. The van der Waals surface area contributed by atoms with Crippen molar-refractivity contribution >= 4 is 10.8 Å². The lowest BCUT2D eigenvalue weighted by Crippen LogP contribution is -2.30. The van der Waals surface area contributed by atoms with E-state index in [1.165, 1.54) is 56.9 Å². The van der Waals surface area contributed by atoms with Crippen LogP contribution in [0, 0.1) is 23.6 Å². The zero-order valence-electron chi connectivity index (χ0n) is 18.3. The molecule has 0 saturated heterocycles. The Bertz CT molecular complexity index is 849. The predicted molar refractivity (Wildman–Crippen MR) is 123 cm³/mol. The molecular formula is C28H37F. The predicted octanol–water partition coefficient (Wildman–Crippen LogP) is 8.59. The van der Waals surface area contributed by atoms with Gasteiger partial charge in [-0.05, 0) is 104 Å². The van der Waals surface area contributed by atoms with Gasteiger partial charge < -0.3 is 0 Å². The number of rotatable bonds is 6. The molecule has 0 radical (unpaired) electrons. The van der Waals surface area contributed by atoms with Crippen molar-refractivity contribution < 1.29 is 4.39 Å². The lowest BCUT2D eigenvalue weighted by molar-refractivity contribution is 0.114. The van der Waals surface area contributed by atoms with Gasteiger partial charge in [0.1, 0.15) is 5.82 Å². The zero-order valence-corrected chi connectivity index (χ0v) is 18.3. The van der Waals surface area contributed by atoms with E-state index in [2.05, 4.69) is 43.3 Å². The van der Waals surface area contributed by atoms with Gasteiger partial charge in [0.2, 0.25) is 0 Å². The molecule has 2 aromatic rings. The van der Waals surface area contributed by atoms with E-state index in [1.807, 2.05) is 6.92 Å². The second-order valence-electron chi connectivity index (χ2n) is 9.66. The summed E-state index contributed by atoms with van der Waals surface area (Å²) in [6, 6.07) is 10.5. The fraction of sp³-hybridized carbons (Fsp3) is 0.571. The highest BCUT2D eigenvalue weighted by molar-refractivity contribution is 5.84. The van der Waals surface area contributed by atoms with Crippen LogP contribution in [0.15, 0.2) is 42.5 Å². The van der Waals surface area contributed by atoms with Gasteiger partial charge in [0, 0.05) is 5.39 Å². The van der Waals surface area contributed by atoms with Crippen molar-refractivity contribution in [2.45, 2.75) is 84.0 Å². The maximum absolute atomic E-state index is 14.9. The Hall–Kier alpha value is -1.63. The first-order valence-corrected chi connectivity index (χ1v) is 12.0. The number of hydrogen-bond donors (Lipinski definition) is 0. The van der Waals surface area contributed by atoms with Crippen molar-refractivity contribution in [1.82, 2.24) is 0 Å². The van der Waals surface area contributed by atoms with Gasteiger partial charge in [0.05, 0.1) is 0 Å². The number of fused-ring (bicyclic) bond motifs is 2. The number of benzene rings is 2. The van der Waals surface area contributed by atoms with Crippen molar-refractivity contribution in [2.75, 3.05) is 0 Å². The molecule has 4 atom stereocenters. The van der Waals surface area contributed by atoms with Crippen LogP contribution >= 0.6 is 0 Å². The molecule has 0 heterocycles. The Balaban J connectivity index is 1.47. The van der Waals surface area contributed by atoms with Crippen LogP contribution in [0.25, 0.3) is 10.8 Å². The molecule has 29 heavy (non-hydrogen) atoms. The highest BCUT2D eigenvalue weighted by atomic mass is 19.1. The lowest BCUT2D eigenvalue weighted by Gasteiger charge is -2.42. The van der Waals surface area contributed by atoms with Gasteiger partial charge in [0.25, 0.3) is 0 Å². The van der Waals surface area contributed by atoms with Crippen LogP contribution in [0.4, 0.5) is 4.39 Å². The molecule has 2 aromatic carbocycles. The highest BCUT2D eigenvalue weighted by Gasteiger charge is 2.35. The van der Waals surface area contributed by atoms with E-state index in [1.54, 1.807) is 6.07 Å². The third-order valence-electron chi connectivity index (χ3n) is 7.71. The quantitative estimate of drug-likeness (QED) is 0.432. The first kappa shape index (κ1) is 20.6. The monoisotopic (exact) mass is 392 g/mol. The van der Waals surface area contributed by atoms with E-state index in [-0.39, 0.29) is 5.82 Å². The molecular weight excluding hydrogens is 355 g/mol. The first-order chi connectivity index (χ1) is 14.2. The third kappa shape index (κ3) is 4.76. The fourth-order valence-electron chi connectivity index (χ4n) is 6.16. The number of hydrogen-bond acceptors (Lipinski definition) is 0. The molecule has 0 amide bonds. The average Bonchev–Trinajstić information content (AvgIpc) is 2.74. The minimum Gasteiger partial charge on any atom is -0.206 e. The van der Waals surface area contributed by atoms with Gasteiger partial charge in [-0.1, -0.05) is 56.5 Å². The Morgan fingerprint density at radius 2 is 1.83 bits per heavy atom. The smallest absolute Gasteiger partial charge is 0.131 e. The van der Waals surface area contributed by atoms with E-state index < -0.39 is 0 Å². The molecule has 2 aliphatic rings. The molecule has 0 N–H and O–H groups in total. The van der Waals surface area contributed by atoms with E-state index in [4.69, 9.17) is 0 Å². The van der Waals surface area contributed by atoms with Crippen molar-refractivity contribution in [3.63, 3.8) is 0 Å². The molecule has 0 nitrogen and oxygen atoms in total. The van der Waals surface area contributed by atoms with Gasteiger partial charge in [-0.2, -0.15) is 0 Å². The molecule has 2 fully saturated rings. The summed E-state index contributed by atoms with van der Waals surface area (Å²) in [6.07, 6.45) is 17.2. The van der Waals surface area contributed by atoms with Crippen molar-refractivity contribution in [2.24, 2.45) is 17.8 Å². The summed E-state index contributed by atoms with van der Waals surface area (Å²) in [4.78, 5) is 0. The Morgan fingerprint density at radius 1 is 1.00 bits per heavy atom. The Kier molecular flexibility index (Phi) is 6.73. The summed E-state index contributed by atoms with van der Waals surface area (Å²) in [7, 11) is 0. The minimum atomic E-state index is -0.0476. The molecule has 2 aliphatic carbocycles. The van der Waals surface area contributed by atoms with Crippen LogP contribution in [0.1, 0.15) is 88.7 Å². The highest BCUT2D eigenvalue weighted by Crippen LogP contribution is 2.48. The maximum atomic E-state index is 14.9. The largest absolute Gasteiger partial charge is 0.206 e. The molecule has 0 aromatic heterocycles. The summed E-state index contributed by atoms with van der Waals surface area (Å²) in [5.74, 6) is 3.41. The number of allylic oxidation sites excluding steroid dienone is 2. The summed E-state index contributed by atoms with van der Waals surface area (Å²) >= 11 is 0. The van der Waals surface area contributed by atoms with Gasteiger partial charge in [0.15, 0.2) is 0 Å². The average molecular weight is 393 g/mol. The van der Waals surface area contributed by atoms with Crippen LogP contribution in [0.3, 0.4) is 0 Å². The van der Waals surface area contributed by atoms with E-state index in [0.717, 1.165) is 46.9 Å².